The van der Waals surface area contributed by atoms with Crippen molar-refractivity contribution in [2.45, 2.75) is 64.1 Å². The molecule has 0 radical (unpaired) electrons. The van der Waals surface area contributed by atoms with E-state index in [0.717, 1.165) is 42.5 Å². The second kappa shape index (κ2) is 7.64. The molecule has 2 heterocycles. The van der Waals surface area contributed by atoms with Crippen molar-refractivity contribution in [3.63, 3.8) is 0 Å². The predicted molar refractivity (Wildman–Crippen MR) is 112 cm³/mol. The molecule has 2 aromatic rings. The van der Waals surface area contributed by atoms with Crippen molar-refractivity contribution in [1.82, 2.24) is 9.47 Å². The van der Waals surface area contributed by atoms with E-state index in [1.54, 1.807) is 6.92 Å². The maximum absolute atomic E-state index is 12.0. The van der Waals surface area contributed by atoms with E-state index in [0.29, 0.717) is 12.1 Å². The van der Waals surface area contributed by atoms with Gasteiger partial charge in [-0.2, -0.15) is 0 Å². The van der Waals surface area contributed by atoms with Crippen LogP contribution in [0.3, 0.4) is 0 Å². The lowest BCUT2D eigenvalue weighted by Gasteiger charge is -2.37. The summed E-state index contributed by atoms with van der Waals surface area (Å²) in [6, 6.07) is 8.98. The van der Waals surface area contributed by atoms with Crippen LogP contribution in [0.15, 0.2) is 30.5 Å². The molecule has 2 saturated carbocycles. The number of carbonyl (C=O) groups excluding carboxylic acids is 1. The fourth-order valence-corrected chi connectivity index (χ4v) is 5.45. The van der Waals surface area contributed by atoms with E-state index in [9.17, 15) is 4.79 Å². The standard InChI is InChI=1S/C24H32N2O2/c1-17(27)22-15-26(23-7-3-2-6-21(22)23)12-11-25-10-4-5-19-13-20(14-24(19)25)28-16-18-8-9-18/h2-3,6-7,15,18-20,24H,4-5,8-14,16H2,1H3. The molecule has 0 N–H and O–H groups in total. The van der Waals surface area contributed by atoms with Gasteiger partial charge in [0.2, 0.25) is 0 Å². The van der Waals surface area contributed by atoms with Crippen molar-refractivity contribution in [1.29, 1.82) is 0 Å². The molecule has 3 aliphatic rings. The van der Waals surface area contributed by atoms with Gasteiger partial charge < -0.3 is 9.30 Å². The van der Waals surface area contributed by atoms with Crippen LogP contribution in [0.4, 0.5) is 0 Å². The third-order valence-electron chi connectivity index (χ3n) is 7.16. The van der Waals surface area contributed by atoms with Crippen molar-refractivity contribution in [3.05, 3.63) is 36.0 Å². The largest absolute Gasteiger partial charge is 0.378 e. The molecule has 4 heteroatoms. The summed E-state index contributed by atoms with van der Waals surface area (Å²) in [6.45, 7) is 5.88. The zero-order valence-corrected chi connectivity index (χ0v) is 17.0. The van der Waals surface area contributed by atoms with Crippen LogP contribution in [-0.4, -0.2) is 47.1 Å². The Bertz CT molecular complexity index is 853. The van der Waals surface area contributed by atoms with Gasteiger partial charge in [0.05, 0.1) is 6.10 Å². The lowest BCUT2D eigenvalue weighted by Crippen LogP contribution is -2.44. The molecule has 4 nitrogen and oxygen atoms in total. The smallest absolute Gasteiger partial charge is 0.161 e. The van der Waals surface area contributed by atoms with Crippen LogP contribution in [0.5, 0.6) is 0 Å². The van der Waals surface area contributed by atoms with Crippen LogP contribution in [0, 0.1) is 11.8 Å². The fraction of sp³-hybridized carbons (Fsp3) is 0.625. The molecule has 0 spiro atoms. The van der Waals surface area contributed by atoms with Crippen molar-refractivity contribution in [2.75, 3.05) is 19.7 Å². The molecular formula is C24H32N2O2. The minimum atomic E-state index is 0.152. The Morgan fingerprint density at radius 2 is 2.00 bits per heavy atom. The van der Waals surface area contributed by atoms with Gasteiger partial charge in [0.25, 0.3) is 0 Å². The summed E-state index contributed by atoms with van der Waals surface area (Å²) in [5.74, 6) is 1.82. The fourth-order valence-electron chi connectivity index (χ4n) is 5.45. The number of fused-ring (bicyclic) bond motifs is 2. The molecule has 0 bridgehead atoms. The molecule has 1 aliphatic heterocycles. The summed E-state index contributed by atoms with van der Waals surface area (Å²) in [7, 11) is 0. The van der Waals surface area contributed by atoms with Gasteiger partial charge >= 0.3 is 0 Å². The SMILES string of the molecule is CC(=O)c1cn(CCN2CCCC3CC(OCC4CC4)CC32)c2ccccc12. The highest BCUT2D eigenvalue weighted by Gasteiger charge is 2.40. The first-order chi connectivity index (χ1) is 13.7. The first kappa shape index (κ1) is 18.4. The van der Waals surface area contributed by atoms with Crippen LogP contribution in [-0.2, 0) is 11.3 Å². The number of ether oxygens (including phenoxy) is 1. The van der Waals surface area contributed by atoms with E-state index in [1.165, 1.54) is 50.6 Å². The Labute approximate surface area is 167 Å². The number of ketones is 1. The van der Waals surface area contributed by atoms with Crippen LogP contribution in [0.1, 0.15) is 55.8 Å². The first-order valence-corrected chi connectivity index (χ1v) is 11.1. The zero-order valence-electron chi connectivity index (χ0n) is 17.0. The third-order valence-corrected chi connectivity index (χ3v) is 7.16. The average molecular weight is 381 g/mol. The van der Waals surface area contributed by atoms with Crippen molar-refractivity contribution in [2.24, 2.45) is 11.8 Å². The number of hydrogen-bond acceptors (Lipinski definition) is 3. The quantitative estimate of drug-likeness (QED) is 0.663. The molecule has 3 unspecified atom stereocenters. The number of piperidine rings is 1. The zero-order chi connectivity index (χ0) is 19.1. The number of carbonyl (C=O) groups is 1. The maximum atomic E-state index is 12.0. The molecule has 1 aromatic heterocycles. The minimum absolute atomic E-state index is 0.152. The van der Waals surface area contributed by atoms with E-state index in [4.69, 9.17) is 4.74 Å². The van der Waals surface area contributed by atoms with Gasteiger partial charge in [-0.15, -0.1) is 0 Å². The Morgan fingerprint density at radius 3 is 2.82 bits per heavy atom. The van der Waals surface area contributed by atoms with E-state index in [2.05, 4.69) is 33.9 Å². The molecule has 3 atom stereocenters. The van der Waals surface area contributed by atoms with E-state index >= 15 is 0 Å². The molecular weight excluding hydrogens is 348 g/mol. The van der Waals surface area contributed by atoms with Crippen LogP contribution < -0.4 is 0 Å². The molecule has 1 aromatic carbocycles. The molecule has 5 rings (SSSR count). The lowest BCUT2D eigenvalue weighted by atomic mass is 9.92. The summed E-state index contributed by atoms with van der Waals surface area (Å²) < 4.78 is 8.53. The highest BCUT2D eigenvalue weighted by Crippen LogP contribution is 2.39. The number of aromatic nitrogens is 1. The van der Waals surface area contributed by atoms with Crippen molar-refractivity contribution < 1.29 is 9.53 Å². The van der Waals surface area contributed by atoms with Gasteiger partial charge in [-0.1, -0.05) is 18.2 Å². The Balaban J connectivity index is 1.26. The Kier molecular flexibility index (Phi) is 5.02. The number of nitrogens with zero attached hydrogens (tertiary/aromatic N) is 2. The van der Waals surface area contributed by atoms with E-state index < -0.39 is 0 Å². The van der Waals surface area contributed by atoms with E-state index in [-0.39, 0.29) is 5.78 Å². The molecule has 0 amide bonds. The Morgan fingerprint density at radius 1 is 1.14 bits per heavy atom. The van der Waals surface area contributed by atoms with Gasteiger partial charge in [0.1, 0.15) is 0 Å². The number of para-hydroxylation sites is 1. The monoisotopic (exact) mass is 380 g/mol. The van der Waals surface area contributed by atoms with Gasteiger partial charge in [0.15, 0.2) is 5.78 Å². The third kappa shape index (κ3) is 3.65. The number of hydrogen-bond donors (Lipinski definition) is 0. The lowest BCUT2D eigenvalue weighted by molar-refractivity contribution is 0.0444. The summed E-state index contributed by atoms with van der Waals surface area (Å²) in [6.07, 6.45) is 10.4. The summed E-state index contributed by atoms with van der Waals surface area (Å²) in [4.78, 5) is 14.7. The summed E-state index contributed by atoms with van der Waals surface area (Å²) in [5.41, 5.74) is 2.03. The normalized spacial score (nSPS) is 28.0. The molecule has 150 valence electrons. The van der Waals surface area contributed by atoms with Crippen molar-refractivity contribution in [3.8, 4) is 0 Å². The molecule has 3 fully saturated rings. The van der Waals surface area contributed by atoms with Gasteiger partial charge in [0, 0.05) is 48.4 Å². The first-order valence-electron chi connectivity index (χ1n) is 11.1. The van der Waals surface area contributed by atoms with Gasteiger partial charge in [-0.3, -0.25) is 9.69 Å². The van der Waals surface area contributed by atoms with Gasteiger partial charge in [-0.25, -0.2) is 0 Å². The van der Waals surface area contributed by atoms with Gasteiger partial charge in [-0.05, 0) is 69.9 Å². The highest BCUT2D eigenvalue weighted by molar-refractivity contribution is 6.06. The van der Waals surface area contributed by atoms with Crippen LogP contribution in [0.25, 0.3) is 10.9 Å². The Hall–Kier alpha value is -1.65. The topological polar surface area (TPSA) is 34.5 Å². The minimum Gasteiger partial charge on any atom is -0.378 e. The molecule has 28 heavy (non-hydrogen) atoms. The summed E-state index contributed by atoms with van der Waals surface area (Å²) in [5, 5.41) is 1.08. The summed E-state index contributed by atoms with van der Waals surface area (Å²) >= 11 is 0. The molecule has 1 saturated heterocycles. The number of rotatable bonds is 7. The number of benzene rings is 1. The average Bonchev–Trinajstić information content (AvgIpc) is 3.31. The number of Topliss-reactive ketones (excluding diaryl/α,β-unsaturated/α-hetero) is 1. The highest BCUT2D eigenvalue weighted by atomic mass is 16.5. The molecule has 2 aliphatic carbocycles. The number of likely N-dealkylation sites (tertiary alicyclic amines) is 1. The second-order valence-electron chi connectivity index (χ2n) is 9.19. The van der Waals surface area contributed by atoms with Crippen molar-refractivity contribution >= 4 is 16.7 Å². The van der Waals surface area contributed by atoms with Crippen LogP contribution >= 0.6 is 0 Å². The van der Waals surface area contributed by atoms with Crippen LogP contribution in [0.2, 0.25) is 0 Å². The predicted octanol–water partition coefficient (Wildman–Crippen LogP) is 4.51. The second-order valence-corrected chi connectivity index (χ2v) is 9.19. The van der Waals surface area contributed by atoms with E-state index in [1.807, 2.05) is 6.07 Å². The maximum Gasteiger partial charge on any atom is 0.161 e.